The summed E-state index contributed by atoms with van der Waals surface area (Å²) in [4.78, 5) is 20.5. The molecule has 1 fully saturated rings. The highest BCUT2D eigenvalue weighted by atomic mass is 79.9. The first-order valence-corrected chi connectivity index (χ1v) is 11.4. The predicted molar refractivity (Wildman–Crippen MR) is 132 cm³/mol. The molecular formula is C24H15BrN2OS2. The van der Waals surface area contributed by atoms with Crippen molar-refractivity contribution in [1.82, 2.24) is 9.88 Å². The Bertz CT molecular complexity index is 1290. The molecule has 0 unspecified atom stereocenters. The fourth-order valence-corrected chi connectivity index (χ4v) is 5.05. The van der Waals surface area contributed by atoms with E-state index >= 15 is 0 Å². The van der Waals surface area contributed by atoms with Crippen molar-refractivity contribution < 1.29 is 4.79 Å². The lowest BCUT2D eigenvalue weighted by Gasteiger charge is -2.15. The molecule has 3 nitrogen and oxygen atoms in total. The average Bonchev–Trinajstić information content (AvgIpc) is 3.02. The zero-order valence-corrected chi connectivity index (χ0v) is 18.9. The van der Waals surface area contributed by atoms with E-state index in [0.717, 1.165) is 42.3 Å². The van der Waals surface area contributed by atoms with Gasteiger partial charge >= 0.3 is 0 Å². The van der Waals surface area contributed by atoms with Crippen molar-refractivity contribution in [2.75, 3.05) is 0 Å². The van der Waals surface area contributed by atoms with Crippen molar-refractivity contribution in [1.29, 1.82) is 0 Å². The Labute approximate surface area is 191 Å². The van der Waals surface area contributed by atoms with Gasteiger partial charge in [0.05, 0.1) is 22.5 Å². The number of carbonyl (C=O) groups excluding carboxylic acids is 1. The lowest BCUT2D eigenvalue weighted by molar-refractivity contribution is 0.244. The average molecular weight is 491 g/mol. The molecule has 6 heteroatoms. The second kappa shape index (κ2) is 7.95. The Morgan fingerprint density at radius 1 is 0.933 bits per heavy atom. The van der Waals surface area contributed by atoms with Gasteiger partial charge in [-0.25, -0.2) is 4.98 Å². The van der Waals surface area contributed by atoms with Crippen LogP contribution in [0.4, 0.5) is 4.79 Å². The number of rotatable bonds is 3. The van der Waals surface area contributed by atoms with Gasteiger partial charge in [-0.05, 0) is 53.2 Å². The molecule has 0 spiro atoms. The van der Waals surface area contributed by atoms with Crippen LogP contribution in [-0.2, 0) is 6.54 Å². The molecule has 30 heavy (non-hydrogen) atoms. The summed E-state index contributed by atoms with van der Waals surface area (Å²) < 4.78 is 1.01. The Kier molecular flexibility index (Phi) is 5.15. The number of fused-ring (bicyclic) bond motifs is 2. The van der Waals surface area contributed by atoms with E-state index in [1.165, 1.54) is 11.8 Å². The molecule has 0 N–H and O–H groups in total. The van der Waals surface area contributed by atoms with Gasteiger partial charge in [0.1, 0.15) is 4.99 Å². The summed E-state index contributed by atoms with van der Waals surface area (Å²) in [6.07, 6.45) is 2.04. The van der Waals surface area contributed by atoms with Crippen LogP contribution >= 0.6 is 39.9 Å². The maximum absolute atomic E-state index is 12.7. The highest BCUT2D eigenvalue weighted by Gasteiger charge is 2.32. The molecular weight excluding hydrogens is 476 g/mol. The first-order valence-electron chi connectivity index (χ1n) is 9.37. The van der Waals surface area contributed by atoms with E-state index in [-0.39, 0.29) is 5.24 Å². The fraction of sp³-hybridized carbons (Fsp3) is 0.0417. The van der Waals surface area contributed by atoms with Gasteiger partial charge in [0, 0.05) is 15.2 Å². The van der Waals surface area contributed by atoms with Gasteiger partial charge < -0.3 is 0 Å². The van der Waals surface area contributed by atoms with Crippen LogP contribution in [0.2, 0.25) is 0 Å². The van der Waals surface area contributed by atoms with E-state index in [1.807, 2.05) is 66.7 Å². The number of hydrogen-bond donors (Lipinski definition) is 0. The number of thiocarbonyl (C=S) groups is 1. The van der Waals surface area contributed by atoms with Crippen LogP contribution in [-0.4, -0.2) is 20.1 Å². The Morgan fingerprint density at radius 3 is 2.17 bits per heavy atom. The molecule has 1 aromatic heterocycles. The minimum absolute atomic E-state index is 0.0446. The van der Waals surface area contributed by atoms with Gasteiger partial charge in [0.2, 0.25) is 0 Å². The normalized spacial score (nSPS) is 15.6. The van der Waals surface area contributed by atoms with Crippen LogP contribution in [0.3, 0.4) is 0 Å². The van der Waals surface area contributed by atoms with Gasteiger partial charge in [0.25, 0.3) is 5.24 Å². The Hall–Kier alpha value is -2.54. The number of nitrogens with zero attached hydrogens (tertiary/aromatic N) is 2. The maximum atomic E-state index is 12.7. The van der Waals surface area contributed by atoms with Gasteiger partial charge in [-0.15, -0.1) is 0 Å². The number of para-hydroxylation sites is 2. The summed E-state index contributed by atoms with van der Waals surface area (Å²) in [5.74, 6) is 0. The molecule has 3 aromatic carbocycles. The van der Waals surface area contributed by atoms with Crippen LogP contribution in [0.25, 0.3) is 27.9 Å². The number of amides is 1. The number of hydrogen-bond acceptors (Lipinski definition) is 4. The standard InChI is InChI=1S/C24H15BrN2OS2/c25-16-11-9-15(10-12-16)14-27-23(29)22(30-24(27)28)13-19-17-5-1-3-7-20(17)26-21-8-4-2-6-18(19)21/h1-13H,14H2/b22-13+. The third-order valence-electron chi connectivity index (χ3n) is 5.03. The number of aromatic nitrogens is 1. The van der Waals surface area contributed by atoms with Crippen LogP contribution in [0.1, 0.15) is 11.1 Å². The van der Waals surface area contributed by atoms with Crippen molar-refractivity contribution in [3.63, 3.8) is 0 Å². The van der Waals surface area contributed by atoms with Gasteiger partial charge in [-0.2, -0.15) is 0 Å². The van der Waals surface area contributed by atoms with Crippen LogP contribution in [0.5, 0.6) is 0 Å². The van der Waals surface area contributed by atoms with Crippen LogP contribution in [0, 0.1) is 0 Å². The first-order chi connectivity index (χ1) is 14.6. The predicted octanol–water partition coefficient (Wildman–Crippen LogP) is 7.19. The molecule has 0 atom stereocenters. The fourth-order valence-electron chi connectivity index (χ4n) is 3.57. The van der Waals surface area contributed by atoms with E-state index in [9.17, 15) is 4.79 Å². The molecule has 0 radical (unpaired) electrons. The van der Waals surface area contributed by atoms with E-state index in [4.69, 9.17) is 17.2 Å². The molecule has 1 amide bonds. The van der Waals surface area contributed by atoms with Crippen molar-refractivity contribution in [2.24, 2.45) is 0 Å². The molecule has 1 aliphatic heterocycles. The molecule has 0 aliphatic carbocycles. The molecule has 1 aliphatic rings. The van der Waals surface area contributed by atoms with Gasteiger partial charge in [-0.3, -0.25) is 9.69 Å². The van der Waals surface area contributed by atoms with E-state index < -0.39 is 0 Å². The lowest BCUT2D eigenvalue weighted by atomic mass is 10.0. The Morgan fingerprint density at radius 2 is 1.53 bits per heavy atom. The quantitative estimate of drug-likeness (QED) is 0.173. The van der Waals surface area contributed by atoms with Gasteiger partial charge in [-0.1, -0.05) is 76.7 Å². The molecule has 2 heterocycles. The molecule has 0 saturated carbocycles. The third-order valence-corrected chi connectivity index (χ3v) is 7.06. The van der Waals surface area contributed by atoms with Crippen molar-refractivity contribution in [3.05, 3.63) is 93.3 Å². The second-order valence-corrected chi connectivity index (χ2v) is 9.25. The summed E-state index contributed by atoms with van der Waals surface area (Å²) in [5, 5.41) is 2.05. The zero-order valence-electron chi connectivity index (χ0n) is 15.7. The number of carbonyl (C=O) groups is 1. The number of thioether (sulfide) groups is 1. The summed E-state index contributed by atoms with van der Waals surface area (Å²) in [6.45, 7) is 0.465. The second-order valence-electron chi connectivity index (χ2n) is 6.95. The third kappa shape index (κ3) is 3.55. The minimum Gasteiger partial charge on any atom is -0.288 e. The summed E-state index contributed by atoms with van der Waals surface area (Å²) >= 11 is 10.3. The van der Waals surface area contributed by atoms with Crippen molar-refractivity contribution in [3.8, 4) is 0 Å². The molecule has 4 aromatic rings. The van der Waals surface area contributed by atoms with E-state index in [1.54, 1.807) is 4.90 Å². The molecule has 0 bridgehead atoms. The van der Waals surface area contributed by atoms with Gasteiger partial charge in [0.15, 0.2) is 0 Å². The topological polar surface area (TPSA) is 33.2 Å². The van der Waals surface area contributed by atoms with Crippen LogP contribution in [0.15, 0.2) is 82.2 Å². The summed E-state index contributed by atoms with van der Waals surface area (Å²) in [6, 6.07) is 24.1. The smallest absolute Gasteiger partial charge is 0.288 e. The molecule has 5 rings (SSSR count). The first kappa shape index (κ1) is 19.4. The minimum atomic E-state index is -0.0446. The SMILES string of the molecule is O=C1S/C(=C/c2c3ccccc3nc3ccccc23)C(=S)N1Cc1ccc(Br)cc1. The molecule has 146 valence electrons. The zero-order chi connectivity index (χ0) is 20.7. The highest BCUT2D eigenvalue weighted by molar-refractivity contribution is 9.10. The van der Waals surface area contributed by atoms with E-state index in [0.29, 0.717) is 11.5 Å². The van der Waals surface area contributed by atoms with E-state index in [2.05, 4.69) is 28.1 Å². The largest absolute Gasteiger partial charge is 0.291 e. The van der Waals surface area contributed by atoms with Crippen molar-refractivity contribution in [2.45, 2.75) is 6.54 Å². The summed E-state index contributed by atoms with van der Waals surface area (Å²) in [7, 11) is 0. The highest BCUT2D eigenvalue weighted by Crippen LogP contribution is 2.37. The summed E-state index contributed by atoms with van der Waals surface area (Å²) in [5.41, 5.74) is 3.93. The monoisotopic (exact) mass is 490 g/mol. The maximum Gasteiger partial charge on any atom is 0.291 e. The number of pyridine rings is 1. The Balaban J connectivity index is 1.58. The molecule has 1 saturated heterocycles. The lowest BCUT2D eigenvalue weighted by Crippen LogP contribution is -2.26. The number of benzene rings is 3. The van der Waals surface area contributed by atoms with Crippen LogP contribution < -0.4 is 0 Å². The van der Waals surface area contributed by atoms with Crippen molar-refractivity contribution >= 4 is 78.0 Å². The number of halogens is 1.